The van der Waals surface area contributed by atoms with Crippen molar-refractivity contribution < 1.29 is 9.53 Å². The van der Waals surface area contributed by atoms with E-state index in [9.17, 15) is 4.79 Å². The van der Waals surface area contributed by atoms with Gasteiger partial charge in [0, 0.05) is 24.2 Å². The second-order valence-corrected chi connectivity index (χ2v) is 3.71. The van der Waals surface area contributed by atoms with Gasteiger partial charge in [-0.25, -0.2) is 14.8 Å². The molecule has 92 valence electrons. The van der Waals surface area contributed by atoms with Gasteiger partial charge in [-0.2, -0.15) is 0 Å². The standard InChI is InChI=1S/C12H10ClN3O2/c1-2-18-12(17)9-7-15-11(16-10(9)13)8-3-5-14-6-4-8/h3-7H,2H2,1H3. The van der Waals surface area contributed by atoms with Crippen LogP contribution in [0.15, 0.2) is 30.7 Å². The zero-order chi connectivity index (χ0) is 13.0. The maximum absolute atomic E-state index is 11.5. The smallest absolute Gasteiger partial charge is 0.342 e. The Hall–Kier alpha value is -2.01. The highest BCUT2D eigenvalue weighted by atomic mass is 35.5. The summed E-state index contributed by atoms with van der Waals surface area (Å²) < 4.78 is 4.84. The third-order valence-corrected chi connectivity index (χ3v) is 2.46. The monoisotopic (exact) mass is 263 g/mol. The number of halogens is 1. The number of ether oxygens (including phenoxy) is 1. The average molecular weight is 264 g/mol. The molecule has 2 heterocycles. The van der Waals surface area contributed by atoms with E-state index in [1.165, 1.54) is 6.20 Å². The van der Waals surface area contributed by atoms with Crippen LogP contribution in [-0.2, 0) is 4.74 Å². The van der Waals surface area contributed by atoms with Crippen LogP contribution < -0.4 is 0 Å². The number of hydrogen-bond acceptors (Lipinski definition) is 5. The normalized spacial score (nSPS) is 10.1. The molecular formula is C12H10ClN3O2. The largest absolute Gasteiger partial charge is 0.462 e. The van der Waals surface area contributed by atoms with Crippen LogP contribution in [0.2, 0.25) is 5.15 Å². The highest BCUT2D eigenvalue weighted by molar-refractivity contribution is 6.32. The summed E-state index contributed by atoms with van der Waals surface area (Å²) in [6, 6.07) is 3.52. The summed E-state index contributed by atoms with van der Waals surface area (Å²) in [4.78, 5) is 23.6. The van der Waals surface area contributed by atoms with E-state index in [0.29, 0.717) is 5.82 Å². The molecule has 0 fully saturated rings. The van der Waals surface area contributed by atoms with E-state index >= 15 is 0 Å². The summed E-state index contributed by atoms with van der Waals surface area (Å²) in [5.74, 6) is -0.0840. The van der Waals surface area contributed by atoms with Crippen molar-refractivity contribution >= 4 is 17.6 Å². The predicted octanol–water partition coefficient (Wildman–Crippen LogP) is 2.37. The minimum absolute atomic E-state index is 0.0789. The molecule has 2 rings (SSSR count). The SMILES string of the molecule is CCOC(=O)c1cnc(-c2ccncc2)nc1Cl. The average Bonchev–Trinajstić information content (AvgIpc) is 2.40. The first kappa shape index (κ1) is 12.4. The van der Waals surface area contributed by atoms with Crippen LogP contribution in [0.5, 0.6) is 0 Å². The van der Waals surface area contributed by atoms with E-state index < -0.39 is 5.97 Å². The van der Waals surface area contributed by atoms with Gasteiger partial charge in [0.2, 0.25) is 0 Å². The minimum atomic E-state index is -0.524. The third-order valence-electron chi connectivity index (χ3n) is 2.18. The molecule has 6 heteroatoms. The molecule has 0 radical (unpaired) electrons. The zero-order valence-electron chi connectivity index (χ0n) is 9.63. The lowest BCUT2D eigenvalue weighted by molar-refractivity contribution is 0.0525. The molecule has 0 bridgehead atoms. The Labute approximate surface area is 109 Å². The number of rotatable bonds is 3. The van der Waals surface area contributed by atoms with Gasteiger partial charge in [-0.3, -0.25) is 4.98 Å². The summed E-state index contributed by atoms with van der Waals surface area (Å²) in [5.41, 5.74) is 0.943. The Balaban J connectivity index is 2.34. The third kappa shape index (κ3) is 2.62. The van der Waals surface area contributed by atoms with Gasteiger partial charge in [0.15, 0.2) is 5.82 Å². The number of hydrogen-bond donors (Lipinski definition) is 0. The fourth-order valence-corrected chi connectivity index (χ4v) is 1.55. The Morgan fingerprint density at radius 3 is 2.72 bits per heavy atom. The fraction of sp³-hybridized carbons (Fsp3) is 0.167. The fourth-order valence-electron chi connectivity index (χ4n) is 1.35. The van der Waals surface area contributed by atoms with Gasteiger partial charge in [0.05, 0.1) is 6.61 Å². The zero-order valence-corrected chi connectivity index (χ0v) is 10.4. The summed E-state index contributed by atoms with van der Waals surface area (Å²) in [6.45, 7) is 2.00. The van der Waals surface area contributed by atoms with Crippen molar-refractivity contribution in [1.29, 1.82) is 0 Å². The Kier molecular flexibility index (Phi) is 3.84. The van der Waals surface area contributed by atoms with Crippen LogP contribution in [0.3, 0.4) is 0 Å². The van der Waals surface area contributed by atoms with E-state index in [-0.39, 0.29) is 17.3 Å². The number of pyridine rings is 1. The summed E-state index contributed by atoms with van der Waals surface area (Å²) >= 11 is 5.94. The van der Waals surface area contributed by atoms with Gasteiger partial charge in [0.25, 0.3) is 0 Å². The highest BCUT2D eigenvalue weighted by Gasteiger charge is 2.14. The molecule has 0 aliphatic heterocycles. The van der Waals surface area contributed by atoms with E-state index in [1.807, 2.05) is 0 Å². The number of nitrogens with zero attached hydrogens (tertiary/aromatic N) is 3. The molecule has 0 saturated carbocycles. The topological polar surface area (TPSA) is 65.0 Å². The first-order valence-corrected chi connectivity index (χ1v) is 5.70. The van der Waals surface area contributed by atoms with Crippen molar-refractivity contribution in [2.75, 3.05) is 6.61 Å². The lowest BCUT2D eigenvalue weighted by Crippen LogP contribution is -2.07. The van der Waals surface area contributed by atoms with Crippen molar-refractivity contribution in [2.45, 2.75) is 6.92 Å². The number of carbonyl (C=O) groups excluding carboxylic acids is 1. The van der Waals surface area contributed by atoms with E-state index in [1.54, 1.807) is 31.5 Å². The molecule has 0 aliphatic carbocycles. The molecule has 2 aromatic rings. The van der Waals surface area contributed by atoms with E-state index in [2.05, 4.69) is 15.0 Å². The van der Waals surface area contributed by atoms with Crippen molar-refractivity contribution in [3.63, 3.8) is 0 Å². The van der Waals surface area contributed by atoms with Crippen molar-refractivity contribution in [3.05, 3.63) is 41.4 Å². The minimum Gasteiger partial charge on any atom is -0.462 e. The number of esters is 1. The first-order chi connectivity index (χ1) is 8.72. The lowest BCUT2D eigenvalue weighted by Gasteiger charge is -2.05. The molecule has 0 amide bonds. The van der Waals surface area contributed by atoms with Crippen LogP contribution in [0.4, 0.5) is 0 Å². The number of carbonyl (C=O) groups is 1. The van der Waals surface area contributed by atoms with Crippen molar-refractivity contribution in [1.82, 2.24) is 15.0 Å². The van der Waals surface area contributed by atoms with Gasteiger partial charge >= 0.3 is 5.97 Å². The van der Waals surface area contributed by atoms with E-state index in [0.717, 1.165) is 5.56 Å². The van der Waals surface area contributed by atoms with Crippen LogP contribution in [0, 0.1) is 0 Å². The second kappa shape index (κ2) is 5.55. The maximum atomic E-state index is 11.5. The van der Waals surface area contributed by atoms with Crippen molar-refractivity contribution in [2.24, 2.45) is 0 Å². The molecule has 5 nitrogen and oxygen atoms in total. The van der Waals surface area contributed by atoms with Gasteiger partial charge in [-0.05, 0) is 19.1 Å². The molecule has 0 aliphatic rings. The molecule has 0 aromatic carbocycles. The Bertz CT molecular complexity index is 561. The van der Waals surface area contributed by atoms with Crippen molar-refractivity contribution in [3.8, 4) is 11.4 Å². The molecule has 0 saturated heterocycles. The summed E-state index contributed by atoms with van der Waals surface area (Å²) in [6.07, 6.45) is 4.63. The van der Waals surface area contributed by atoms with Crippen LogP contribution in [0.25, 0.3) is 11.4 Å². The second-order valence-electron chi connectivity index (χ2n) is 3.35. The molecular weight excluding hydrogens is 254 g/mol. The lowest BCUT2D eigenvalue weighted by atomic mass is 10.2. The molecule has 0 atom stereocenters. The molecule has 0 N–H and O–H groups in total. The van der Waals surface area contributed by atoms with Gasteiger partial charge < -0.3 is 4.74 Å². The number of aromatic nitrogens is 3. The first-order valence-electron chi connectivity index (χ1n) is 5.32. The Morgan fingerprint density at radius 1 is 1.39 bits per heavy atom. The highest BCUT2D eigenvalue weighted by Crippen LogP contribution is 2.19. The summed E-state index contributed by atoms with van der Waals surface area (Å²) in [7, 11) is 0. The van der Waals surface area contributed by atoms with Gasteiger partial charge in [-0.15, -0.1) is 0 Å². The van der Waals surface area contributed by atoms with Crippen LogP contribution in [0.1, 0.15) is 17.3 Å². The summed E-state index contributed by atoms with van der Waals surface area (Å²) in [5, 5.41) is 0.0789. The molecule has 18 heavy (non-hydrogen) atoms. The van der Waals surface area contributed by atoms with Gasteiger partial charge in [-0.1, -0.05) is 11.6 Å². The molecule has 0 unspecified atom stereocenters. The maximum Gasteiger partial charge on any atom is 0.342 e. The van der Waals surface area contributed by atoms with Crippen LogP contribution in [-0.4, -0.2) is 27.5 Å². The van der Waals surface area contributed by atoms with E-state index in [4.69, 9.17) is 16.3 Å². The van der Waals surface area contributed by atoms with Gasteiger partial charge in [0.1, 0.15) is 10.7 Å². The predicted molar refractivity (Wildman–Crippen MR) is 66.2 cm³/mol. The quantitative estimate of drug-likeness (QED) is 0.628. The molecule has 0 spiro atoms. The molecule has 2 aromatic heterocycles. The van der Waals surface area contributed by atoms with Crippen LogP contribution >= 0.6 is 11.6 Å². The Morgan fingerprint density at radius 2 is 2.11 bits per heavy atom.